The van der Waals surface area contributed by atoms with Gasteiger partial charge in [-0.2, -0.15) is 0 Å². The lowest BCUT2D eigenvalue weighted by atomic mass is 10.0. The van der Waals surface area contributed by atoms with E-state index in [9.17, 15) is 4.79 Å². The molecule has 0 bridgehead atoms. The summed E-state index contributed by atoms with van der Waals surface area (Å²) in [7, 11) is 1.82. The summed E-state index contributed by atoms with van der Waals surface area (Å²) in [6.45, 7) is 4.20. The van der Waals surface area contributed by atoms with Crippen LogP contribution in [0, 0.1) is 5.92 Å². The van der Waals surface area contributed by atoms with Gasteiger partial charge in [-0.3, -0.25) is 9.78 Å². The Hall–Kier alpha value is -1.88. The van der Waals surface area contributed by atoms with E-state index in [4.69, 9.17) is 0 Å². The number of pyridine rings is 1. The lowest BCUT2D eigenvalue weighted by Gasteiger charge is -2.21. The number of hydrogen-bond donors (Lipinski definition) is 2. The lowest BCUT2D eigenvalue weighted by molar-refractivity contribution is 0.0921. The maximum Gasteiger partial charge on any atom is 0.270 e. The summed E-state index contributed by atoms with van der Waals surface area (Å²) in [4.78, 5) is 17.6. The lowest BCUT2D eigenvalue weighted by Crippen LogP contribution is -2.31. The van der Waals surface area contributed by atoms with Gasteiger partial charge in [-0.1, -0.05) is 19.9 Å². The van der Waals surface area contributed by atoms with E-state index in [-0.39, 0.29) is 11.9 Å². The third-order valence-corrected chi connectivity index (χ3v) is 4.04. The molecule has 0 radical (unpaired) electrons. The van der Waals surface area contributed by atoms with Gasteiger partial charge < -0.3 is 10.6 Å². The van der Waals surface area contributed by atoms with Crippen molar-refractivity contribution in [2.75, 3.05) is 12.4 Å². The average Bonchev–Trinajstić information content (AvgIpc) is 2.98. The van der Waals surface area contributed by atoms with Crippen LogP contribution in [-0.2, 0) is 0 Å². The molecule has 1 amide bonds. The molecule has 4 nitrogen and oxygen atoms in total. The van der Waals surface area contributed by atoms with Crippen molar-refractivity contribution < 1.29 is 4.79 Å². The Morgan fingerprint density at radius 1 is 1.35 bits per heavy atom. The molecular weight excluding hydrogens is 270 g/mol. The van der Waals surface area contributed by atoms with E-state index in [1.165, 1.54) is 0 Å². The number of aromatic nitrogens is 1. The number of carbonyl (C=O) groups is 1. The molecule has 0 saturated heterocycles. The fourth-order valence-electron chi connectivity index (χ4n) is 1.96. The van der Waals surface area contributed by atoms with Gasteiger partial charge >= 0.3 is 0 Å². The van der Waals surface area contributed by atoms with Crippen molar-refractivity contribution in [2.45, 2.75) is 19.9 Å². The Morgan fingerprint density at radius 3 is 2.75 bits per heavy atom. The predicted molar refractivity (Wildman–Crippen MR) is 83.1 cm³/mol. The Balaban J connectivity index is 2.16. The smallest absolute Gasteiger partial charge is 0.270 e. The van der Waals surface area contributed by atoms with Crippen molar-refractivity contribution in [3.8, 4) is 0 Å². The van der Waals surface area contributed by atoms with Gasteiger partial charge in [0, 0.05) is 23.8 Å². The van der Waals surface area contributed by atoms with Crippen LogP contribution in [0.25, 0.3) is 0 Å². The second kappa shape index (κ2) is 6.52. The van der Waals surface area contributed by atoms with Gasteiger partial charge in [0.25, 0.3) is 5.91 Å². The third kappa shape index (κ3) is 3.36. The molecule has 2 N–H and O–H groups in total. The zero-order chi connectivity index (χ0) is 14.5. The fourth-order valence-corrected chi connectivity index (χ4v) is 2.91. The molecule has 2 aromatic rings. The summed E-state index contributed by atoms with van der Waals surface area (Å²) in [6.07, 6.45) is 1.64. The minimum Gasteiger partial charge on any atom is -0.388 e. The van der Waals surface area contributed by atoms with E-state index in [1.54, 1.807) is 23.6 Å². The first-order chi connectivity index (χ1) is 9.61. The fraction of sp³-hybridized carbons (Fsp3) is 0.333. The molecule has 0 aromatic carbocycles. The van der Waals surface area contributed by atoms with Gasteiger partial charge in [0.15, 0.2) is 0 Å². The van der Waals surface area contributed by atoms with Crippen LogP contribution in [0.2, 0.25) is 0 Å². The van der Waals surface area contributed by atoms with Gasteiger partial charge in [0.1, 0.15) is 5.69 Å². The van der Waals surface area contributed by atoms with Crippen LogP contribution in [0.5, 0.6) is 0 Å². The van der Waals surface area contributed by atoms with Crippen LogP contribution in [-0.4, -0.2) is 17.9 Å². The monoisotopic (exact) mass is 289 g/mol. The molecule has 0 aliphatic rings. The molecule has 1 unspecified atom stereocenters. The summed E-state index contributed by atoms with van der Waals surface area (Å²) in [5.74, 6) is 0.180. The average molecular weight is 289 g/mol. The number of rotatable bonds is 5. The quantitative estimate of drug-likeness (QED) is 0.888. The van der Waals surface area contributed by atoms with Gasteiger partial charge in [0.2, 0.25) is 0 Å². The SMILES string of the molecule is CNc1ccnc(C(=O)NC(c2cccs2)C(C)C)c1. The number of anilines is 1. The molecule has 0 fully saturated rings. The molecule has 20 heavy (non-hydrogen) atoms. The molecule has 0 aliphatic carbocycles. The standard InChI is InChI=1S/C15H19N3OS/c1-10(2)14(13-5-4-8-20-13)18-15(19)12-9-11(16-3)6-7-17-12/h4-10,14H,1-3H3,(H,16,17)(H,18,19). The molecular formula is C15H19N3OS. The van der Waals surface area contributed by atoms with E-state index in [0.717, 1.165) is 10.6 Å². The minimum atomic E-state index is -0.144. The molecule has 2 rings (SSSR count). The second-order valence-corrected chi connectivity index (χ2v) is 5.87. The van der Waals surface area contributed by atoms with E-state index < -0.39 is 0 Å². The Bertz CT molecular complexity index is 566. The summed E-state index contributed by atoms with van der Waals surface area (Å²) in [5.41, 5.74) is 1.31. The second-order valence-electron chi connectivity index (χ2n) is 4.89. The summed E-state index contributed by atoms with van der Waals surface area (Å²) >= 11 is 1.66. The zero-order valence-electron chi connectivity index (χ0n) is 11.9. The molecule has 0 aliphatic heterocycles. The third-order valence-electron chi connectivity index (χ3n) is 3.08. The Kier molecular flexibility index (Phi) is 4.74. The molecule has 0 spiro atoms. The van der Waals surface area contributed by atoms with E-state index in [0.29, 0.717) is 11.6 Å². The highest BCUT2D eigenvalue weighted by atomic mass is 32.1. The number of amides is 1. The van der Waals surface area contributed by atoms with Gasteiger partial charge in [-0.15, -0.1) is 11.3 Å². The summed E-state index contributed by atoms with van der Waals surface area (Å²) in [6, 6.07) is 7.65. The highest BCUT2D eigenvalue weighted by Crippen LogP contribution is 2.26. The van der Waals surface area contributed by atoms with E-state index in [1.807, 2.05) is 30.6 Å². The van der Waals surface area contributed by atoms with Gasteiger partial charge in [-0.05, 0) is 29.5 Å². The van der Waals surface area contributed by atoms with Crippen LogP contribution in [0.15, 0.2) is 35.8 Å². The van der Waals surface area contributed by atoms with Crippen LogP contribution < -0.4 is 10.6 Å². The van der Waals surface area contributed by atoms with Crippen LogP contribution >= 0.6 is 11.3 Å². The maximum absolute atomic E-state index is 12.3. The first-order valence-electron chi connectivity index (χ1n) is 6.60. The summed E-state index contributed by atoms with van der Waals surface area (Å²) < 4.78 is 0. The van der Waals surface area contributed by atoms with Crippen molar-refractivity contribution in [1.29, 1.82) is 0 Å². The molecule has 2 heterocycles. The molecule has 2 aromatic heterocycles. The van der Waals surface area contributed by atoms with Crippen molar-refractivity contribution in [1.82, 2.24) is 10.3 Å². The maximum atomic E-state index is 12.3. The molecule has 1 atom stereocenters. The zero-order valence-corrected chi connectivity index (χ0v) is 12.7. The van der Waals surface area contributed by atoms with Crippen LogP contribution in [0.3, 0.4) is 0 Å². The van der Waals surface area contributed by atoms with Gasteiger partial charge in [-0.25, -0.2) is 0 Å². The largest absolute Gasteiger partial charge is 0.388 e. The van der Waals surface area contributed by atoms with Gasteiger partial charge in [0.05, 0.1) is 6.04 Å². The number of nitrogens with one attached hydrogen (secondary N) is 2. The minimum absolute atomic E-state index is 0.0162. The highest BCUT2D eigenvalue weighted by Gasteiger charge is 2.20. The number of carbonyl (C=O) groups excluding carboxylic acids is 1. The van der Waals surface area contributed by atoms with Crippen LogP contribution in [0.1, 0.15) is 35.3 Å². The van der Waals surface area contributed by atoms with E-state index in [2.05, 4.69) is 29.5 Å². The summed E-state index contributed by atoms with van der Waals surface area (Å²) in [5, 5.41) is 8.10. The molecule has 106 valence electrons. The van der Waals surface area contributed by atoms with E-state index >= 15 is 0 Å². The predicted octanol–water partition coefficient (Wildman–Crippen LogP) is 3.31. The number of thiophene rings is 1. The topological polar surface area (TPSA) is 54.0 Å². The van der Waals surface area contributed by atoms with Crippen molar-refractivity contribution in [3.05, 3.63) is 46.4 Å². The number of nitrogens with zero attached hydrogens (tertiary/aromatic N) is 1. The van der Waals surface area contributed by atoms with Crippen LogP contribution in [0.4, 0.5) is 5.69 Å². The highest BCUT2D eigenvalue weighted by molar-refractivity contribution is 7.10. The first kappa shape index (κ1) is 14.5. The Morgan fingerprint density at radius 2 is 2.15 bits per heavy atom. The van der Waals surface area contributed by atoms with Crippen molar-refractivity contribution in [2.24, 2.45) is 5.92 Å². The first-order valence-corrected chi connectivity index (χ1v) is 7.48. The Labute approximate surface area is 123 Å². The molecule has 5 heteroatoms. The van der Waals surface area contributed by atoms with Crippen molar-refractivity contribution >= 4 is 22.9 Å². The number of hydrogen-bond acceptors (Lipinski definition) is 4. The normalized spacial score (nSPS) is 12.2. The van der Waals surface area contributed by atoms with Crippen molar-refractivity contribution in [3.63, 3.8) is 0 Å². The molecule has 0 saturated carbocycles.